The van der Waals surface area contributed by atoms with Gasteiger partial charge in [-0.25, -0.2) is 18.4 Å². The van der Waals surface area contributed by atoms with Gasteiger partial charge < -0.3 is 29.0 Å². The minimum absolute atomic E-state index is 0.0629. The molecule has 1 amide bonds. The molecule has 10 heteroatoms. The van der Waals surface area contributed by atoms with Crippen molar-refractivity contribution in [2.75, 3.05) is 32.9 Å². The van der Waals surface area contributed by atoms with Crippen LogP contribution in [0.5, 0.6) is 11.5 Å². The number of benzene rings is 3. The van der Waals surface area contributed by atoms with E-state index in [-0.39, 0.29) is 31.7 Å². The zero-order chi connectivity index (χ0) is 28.7. The number of amides is 1. The molecule has 0 bridgehead atoms. The average Bonchev–Trinajstić information content (AvgIpc) is 2.94. The van der Waals surface area contributed by atoms with E-state index in [1.807, 2.05) is 30.3 Å². The third-order valence-electron chi connectivity index (χ3n) is 5.83. The number of rotatable bonds is 16. The lowest BCUT2D eigenvalue weighted by molar-refractivity contribution is -0.149. The molecule has 0 aliphatic rings. The van der Waals surface area contributed by atoms with Crippen molar-refractivity contribution in [1.82, 2.24) is 4.90 Å². The molecule has 0 radical (unpaired) electrons. The molecule has 0 fully saturated rings. The van der Waals surface area contributed by atoms with Crippen molar-refractivity contribution in [2.24, 2.45) is 0 Å². The summed E-state index contributed by atoms with van der Waals surface area (Å²) in [6, 6.07) is 19.3. The van der Waals surface area contributed by atoms with Crippen LogP contribution in [0.3, 0.4) is 0 Å². The van der Waals surface area contributed by atoms with Gasteiger partial charge in [0.1, 0.15) is 36.3 Å². The smallest absolute Gasteiger partial charge is 0.410 e. The fourth-order valence-corrected chi connectivity index (χ4v) is 3.75. The maximum Gasteiger partial charge on any atom is 0.410 e. The zero-order valence-corrected chi connectivity index (χ0v) is 22.3. The number of para-hydroxylation sites is 1. The lowest BCUT2D eigenvalue weighted by Crippen LogP contribution is -2.36. The van der Waals surface area contributed by atoms with Crippen molar-refractivity contribution in [3.05, 3.63) is 95.6 Å². The van der Waals surface area contributed by atoms with Gasteiger partial charge in [-0.2, -0.15) is 0 Å². The molecule has 0 saturated heterocycles. The quantitative estimate of drug-likeness (QED) is 0.233. The number of halogens is 2. The van der Waals surface area contributed by atoms with Crippen LogP contribution in [0.4, 0.5) is 13.6 Å². The predicted molar refractivity (Wildman–Crippen MR) is 143 cm³/mol. The molecule has 0 aliphatic carbocycles. The summed E-state index contributed by atoms with van der Waals surface area (Å²) in [5.74, 6) is -1.27. The number of carboxylic acids is 1. The maximum absolute atomic E-state index is 14.0. The number of ether oxygens (including phenoxy) is 4. The van der Waals surface area contributed by atoms with Crippen LogP contribution in [0.2, 0.25) is 0 Å². The molecule has 0 aromatic heterocycles. The Morgan fingerprint density at radius 3 is 2.27 bits per heavy atom. The van der Waals surface area contributed by atoms with Gasteiger partial charge in [0.25, 0.3) is 0 Å². The number of hydrogen-bond donors (Lipinski definition) is 1. The Kier molecular flexibility index (Phi) is 12.2. The van der Waals surface area contributed by atoms with Crippen LogP contribution >= 0.6 is 0 Å². The molecular formula is C30H33F2NO7. The normalized spacial score (nSPS) is 11.5. The highest BCUT2D eigenvalue weighted by molar-refractivity contribution is 5.72. The van der Waals surface area contributed by atoms with Crippen molar-refractivity contribution in [3.63, 3.8) is 0 Å². The molecule has 214 valence electrons. The van der Waals surface area contributed by atoms with Gasteiger partial charge in [0, 0.05) is 31.2 Å². The minimum Gasteiger partial charge on any atom is -0.494 e. The van der Waals surface area contributed by atoms with Crippen LogP contribution in [-0.2, 0) is 27.3 Å². The van der Waals surface area contributed by atoms with Crippen molar-refractivity contribution in [2.45, 2.75) is 32.5 Å². The Balaban J connectivity index is 1.53. The van der Waals surface area contributed by atoms with E-state index in [0.717, 1.165) is 17.7 Å². The largest absolute Gasteiger partial charge is 0.494 e. The van der Waals surface area contributed by atoms with Gasteiger partial charge >= 0.3 is 12.1 Å². The van der Waals surface area contributed by atoms with E-state index in [0.29, 0.717) is 37.7 Å². The van der Waals surface area contributed by atoms with E-state index in [1.165, 1.54) is 11.0 Å². The van der Waals surface area contributed by atoms with Crippen LogP contribution in [0, 0.1) is 11.6 Å². The van der Waals surface area contributed by atoms with Crippen molar-refractivity contribution < 1.29 is 42.4 Å². The van der Waals surface area contributed by atoms with E-state index in [4.69, 9.17) is 18.9 Å². The molecule has 0 saturated carbocycles. The Bertz CT molecular complexity index is 1210. The van der Waals surface area contributed by atoms with E-state index in [1.54, 1.807) is 31.2 Å². The van der Waals surface area contributed by atoms with Gasteiger partial charge in [-0.1, -0.05) is 30.3 Å². The summed E-state index contributed by atoms with van der Waals surface area (Å²) in [4.78, 5) is 25.6. The molecule has 0 aliphatic heterocycles. The van der Waals surface area contributed by atoms with Gasteiger partial charge in [0.2, 0.25) is 0 Å². The number of aliphatic carboxylic acids is 1. The molecule has 8 nitrogen and oxygen atoms in total. The predicted octanol–water partition coefficient (Wildman–Crippen LogP) is 5.48. The van der Waals surface area contributed by atoms with Crippen LogP contribution in [0.25, 0.3) is 0 Å². The Hall–Kier alpha value is -4.18. The molecule has 3 aromatic carbocycles. The molecular weight excluding hydrogens is 524 g/mol. The fraction of sp³-hybridized carbons (Fsp3) is 0.333. The lowest BCUT2D eigenvalue weighted by atomic mass is 10.1. The summed E-state index contributed by atoms with van der Waals surface area (Å²) >= 11 is 0. The van der Waals surface area contributed by atoms with Gasteiger partial charge in [0.15, 0.2) is 6.10 Å². The van der Waals surface area contributed by atoms with Gasteiger partial charge in [-0.05, 0) is 55.3 Å². The monoisotopic (exact) mass is 557 g/mol. The van der Waals surface area contributed by atoms with Gasteiger partial charge in [-0.15, -0.1) is 0 Å². The van der Waals surface area contributed by atoms with Crippen LogP contribution < -0.4 is 9.47 Å². The minimum atomic E-state index is -1.02. The number of nitrogens with zero attached hydrogens (tertiary/aromatic N) is 1. The van der Waals surface area contributed by atoms with E-state index in [9.17, 15) is 23.5 Å². The SMILES string of the molecule is CCOC(Cc1ccc(OCCN(CCCOc2ccccc2)C(=O)OCc2ccc(F)cc2F)cc1)C(=O)O. The van der Waals surface area contributed by atoms with Crippen molar-refractivity contribution in [3.8, 4) is 11.5 Å². The highest BCUT2D eigenvalue weighted by atomic mass is 19.1. The molecule has 1 N–H and O–H groups in total. The first-order valence-corrected chi connectivity index (χ1v) is 12.9. The van der Waals surface area contributed by atoms with Gasteiger partial charge in [-0.3, -0.25) is 0 Å². The third kappa shape index (κ3) is 10.2. The molecule has 0 heterocycles. The second kappa shape index (κ2) is 16.0. The first kappa shape index (κ1) is 30.4. The molecule has 1 atom stereocenters. The summed E-state index contributed by atoms with van der Waals surface area (Å²) < 4.78 is 49.2. The summed E-state index contributed by atoms with van der Waals surface area (Å²) in [5, 5.41) is 9.26. The molecule has 1 unspecified atom stereocenters. The lowest BCUT2D eigenvalue weighted by Gasteiger charge is -2.22. The van der Waals surface area contributed by atoms with Crippen LogP contribution in [0.1, 0.15) is 24.5 Å². The number of carbonyl (C=O) groups excluding carboxylic acids is 1. The first-order chi connectivity index (χ1) is 19.4. The summed E-state index contributed by atoms with van der Waals surface area (Å²) in [7, 11) is 0. The number of hydrogen-bond acceptors (Lipinski definition) is 6. The molecule has 40 heavy (non-hydrogen) atoms. The summed E-state index contributed by atoms with van der Waals surface area (Å²) in [6.45, 7) is 2.69. The molecule has 3 rings (SSSR count). The molecule has 0 spiro atoms. The Morgan fingerprint density at radius 1 is 0.900 bits per heavy atom. The standard InChI is InChI=1S/C30H33F2NO7/c1-2-37-28(29(34)35)19-22-9-13-26(14-10-22)39-18-16-33(15-6-17-38-25-7-4-3-5-8-25)30(36)40-21-23-11-12-24(31)20-27(23)32/h3-5,7-14,20,28H,2,6,15-19,21H2,1H3,(H,34,35). The molecule has 3 aromatic rings. The van der Waals surface area contributed by atoms with E-state index in [2.05, 4.69) is 0 Å². The second-order valence-corrected chi connectivity index (χ2v) is 8.77. The van der Waals surface area contributed by atoms with Crippen molar-refractivity contribution >= 4 is 12.1 Å². The van der Waals surface area contributed by atoms with Crippen LogP contribution in [-0.4, -0.2) is 61.1 Å². The fourth-order valence-electron chi connectivity index (χ4n) is 3.75. The van der Waals surface area contributed by atoms with E-state index >= 15 is 0 Å². The number of carboxylic acid groups (broad SMARTS) is 1. The highest BCUT2D eigenvalue weighted by Gasteiger charge is 2.19. The number of carbonyl (C=O) groups is 2. The average molecular weight is 558 g/mol. The van der Waals surface area contributed by atoms with Crippen LogP contribution in [0.15, 0.2) is 72.8 Å². The van der Waals surface area contributed by atoms with Crippen molar-refractivity contribution in [1.29, 1.82) is 0 Å². The van der Waals surface area contributed by atoms with E-state index < -0.39 is 29.8 Å². The zero-order valence-electron chi connectivity index (χ0n) is 22.3. The highest BCUT2D eigenvalue weighted by Crippen LogP contribution is 2.16. The Labute approximate surface area is 232 Å². The third-order valence-corrected chi connectivity index (χ3v) is 5.83. The van der Waals surface area contributed by atoms with Gasteiger partial charge in [0.05, 0.1) is 13.2 Å². The summed E-state index contributed by atoms with van der Waals surface area (Å²) in [6.07, 6.45) is -0.861. The maximum atomic E-state index is 14.0. The summed E-state index contributed by atoms with van der Waals surface area (Å²) in [5.41, 5.74) is 0.845. The topological polar surface area (TPSA) is 94.5 Å². The second-order valence-electron chi connectivity index (χ2n) is 8.77. The first-order valence-electron chi connectivity index (χ1n) is 12.9. The Morgan fingerprint density at radius 2 is 1.60 bits per heavy atom.